The van der Waals surface area contributed by atoms with Crippen LogP contribution in [-0.2, 0) is 0 Å². The summed E-state index contributed by atoms with van der Waals surface area (Å²) in [6, 6.07) is 0.279. The molecule has 18 heavy (non-hydrogen) atoms. The molecule has 2 atom stereocenters. The molecule has 0 radical (unpaired) electrons. The minimum absolute atomic E-state index is 0. The van der Waals surface area contributed by atoms with Crippen LogP contribution < -0.4 is 10.6 Å². The van der Waals surface area contributed by atoms with Gasteiger partial charge in [-0.05, 0) is 38.8 Å². The zero-order valence-electron chi connectivity index (χ0n) is 10.5. The van der Waals surface area contributed by atoms with Gasteiger partial charge in [-0.25, -0.2) is 0 Å². The van der Waals surface area contributed by atoms with Crippen LogP contribution in [0.4, 0.5) is 0 Å². The third-order valence-electron chi connectivity index (χ3n) is 3.73. The molecule has 2 aliphatic rings. The van der Waals surface area contributed by atoms with Gasteiger partial charge in [0.05, 0.1) is 6.04 Å². The van der Waals surface area contributed by atoms with Gasteiger partial charge in [0.25, 0.3) is 0 Å². The van der Waals surface area contributed by atoms with Crippen molar-refractivity contribution in [3.05, 3.63) is 11.7 Å². The first kappa shape index (κ1) is 13.8. The van der Waals surface area contributed by atoms with E-state index in [4.69, 9.17) is 4.52 Å². The molecule has 3 rings (SSSR count). The summed E-state index contributed by atoms with van der Waals surface area (Å²) in [4.78, 5) is 4.58. The Kier molecular flexibility index (Phi) is 4.97. The van der Waals surface area contributed by atoms with Crippen molar-refractivity contribution in [1.82, 2.24) is 20.8 Å². The molecule has 3 heterocycles. The Labute approximate surface area is 114 Å². The molecule has 0 amide bonds. The van der Waals surface area contributed by atoms with E-state index in [1.54, 1.807) is 0 Å². The van der Waals surface area contributed by atoms with E-state index in [0.29, 0.717) is 5.92 Å². The fraction of sp³-hybridized carbons (Fsp3) is 0.833. The minimum Gasteiger partial charge on any atom is -0.338 e. The standard InChI is InChI=1S/C12H20N4O.ClH/c1-2-7-14-10(5-1)12-15-11(16-17-12)9-4-3-6-13-8-9;/h9-10,13-14H,1-8H2;1H/t9-,10?;/m0./s1. The number of hydrogen-bond acceptors (Lipinski definition) is 5. The van der Waals surface area contributed by atoms with Crippen LogP contribution >= 0.6 is 12.4 Å². The average Bonchev–Trinajstić information content (AvgIpc) is 2.90. The summed E-state index contributed by atoms with van der Waals surface area (Å²) < 4.78 is 5.41. The lowest BCUT2D eigenvalue weighted by atomic mass is 9.99. The molecule has 2 N–H and O–H groups in total. The SMILES string of the molecule is C1CCC(c2nc([C@H]3CCCNC3)no2)NC1.Cl. The van der Waals surface area contributed by atoms with Gasteiger partial charge in [-0.1, -0.05) is 11.6 Å². The van der Waals surface area contributed by atoms with Gasteiger partial charge in [0, 0.05) is 12.5 Å². The van der Waals surface area contributed by atoms with Crippen LogP contribution in [0, 0.1) is 0 Å². The van der Waals surface area contributed by atoms with Crippen molar-refractivity contribution >= 4 is 12.4 Å². The lowest BCUT2D eigenvalue weighted by molar-refractivity contribution is 0.294. The zero-order chi connectivity index (χ0) is 11.5. The van der Waals surface area contributed by atoms with Crippen molar-refractivity contribution in [1.29, 1.82) is 0 Å². The molecule has 0 saturated carbocycles. The third-order valence-corrected chi connectivity index (χ3v) is 3.73. The number of rotatable bonds is 2. The molecule has 2 saturated heterocycles. The number of nitrogens with one attached hydrogen (secondary N) is 2. The third kappa shape index (κ3) is 3.02. The Bertz CT molecular complexity index is 326. The Hall–Kier alpha value is -0.650. The first-order chi connectivity index (χ1) is 8.43. The maximum absolute atomic E-state index is 5.41. The second kappa shape index (κ2) is 6.50. The molecular formula is C12H21ClN4O. The molecule has 0 bridgehead atoms. The molecule has 1 aromatic heterocycles. The summed E-state index contributed by atoms with van der Waals surface area (Å²) in [5.74, 6) is 2.11. The highest BCUT2D eigenvalue weighted by molar-refractivity contribution is 5.85. The van der Waals surface area contributed by atoms with Gasteiger partial charge in [0.1, 0.15) is 0 Å². The van der Waals surface area contributed by atoms with Crippen LogP contribution in [0.5, 0.6) is 0 Å². The van der Waals surface area contributed by atoms with Crippen molar-refractivity contribution < 1.29 is 4.52 Å². The summed E-state index contributed by atoms with van der Waals surface area (Å²) in [6.45, 7) is 3.16. The summed E-state index contributed by atoms with van der Waals surface area (Å²) in [5.41, 5.74) is 0. The minimum atomic E-state index is 0. The van der Waals surface area contributed by atoms with Gasteiger partial charge in [-0.2, -0.15) is 4.98 Å². The predicted octanol–water partition coefficient (Wildman–Crippen LogP) is 1.77. The predicted molar refractivity (Wildman–Crippen MR) is 71.0 cm³/mol. The largest absolute Gasteiger partial charge is 0.338 e. The highest BCUT2D eigenvalue weighted by atomic mass is 35.5. The zero-order valence-corrected chi connectivity index (χ0v) is 11.3. The quantitative estimate of drug-likeness (QED) is 0.859. The molecule has 1 unspecified atom stereocenters. The second-order valence-corrected chi connectivity index (χ2v) is 5.04. The summed E-state index contributed by atoms with van der Waals surface area (Å²) in [6.07, 6.45) is 6.00. The van der Waals surface area contributed by atoms with E-state index in [9.17, 15) is 0 Å². The number of halogens is 1. The lowest BCUT2D eigenvalue weighted by Gasteiger charge is -2.20. The van der Waals surface area contributed by atoms with Gasteiger partial charge in [-0.3, -0.25) is 0 Å². The second-order valence-electron chi connectivity index (χ2n) is 5.04. The Morgan fingerprint density at radius 2 is 2.06 bits per heavy atom. The lowest BCUT2D eigenvalue weighted by Crippen LogP contribution is -2.29. The maximum Gasteiger partial charge on any atom is 0.243 e. The maximum atomic E-state index is 5.41. The highest BCUT2D eigenvalue weighted by Crippen LogP contribution is 2.25. The van der Waals surface area contributed by atoms with E-state index in [1.165, 1.54) is 25.7 Å². The molecule has 2 fully saturated rings. The van der Waals surface area contributed by atoms with E-state index in [1.807, 2.05) is 0 Å². The Morgan fingerprint density at radius 1 is 1.11 bits per heavy atom. The van der Waals surface area contributed by atoms with Crippen molar-refractivity contribution in [2.45, 2.75) is 44.1 Å². The van der Waals surface area contributed by atoms with Crippen LogP contribution in [0.15, 0.2) is 4.52 Å². The van der Waals surface area contributed by atoms with E-state index in [-0.39, 0.29) is 18.4 Å². The summed E-state index contributed by atoms with van der Waals surface area (Å²) >= 11 is 0. The summed E-state index contributed by atoms with van der Waals surface area (Å²) in [7, 11) is 0. The molecular weight excluding hydrogens is 252 g/mol. The van der Waals surface area contributed by atoms with Gasteiger partial charge in [0.15, 0.2) is 5.82 Å². The van der Waals surface area contributed by atoms with Gasteiger partial charge < -0.3 is 15.2 Å². The number of aromatic nitrogens is 2. The first-order valence-electron chi connectivity index (χ1n) is 6.71. The van der Waals surface area contributed by atoms with Crippen molar-refractivity contribution in [2.75, 3.05) is 19.6 Å². The average molecular weight is 273 g/mol. The molecule has 6 heteroatoms. The normalized spacial score (nSPS) is 28.7. The fourth-order valence-corrected chi connectivity index (χ4v) is 2.69. The first-order valence-corrected chi connectivity index (χ1v) is 6.71. The van der Waals surface area contributed by atoms with E-state index >= 15 is 0 Å². The van der Waals surface area contributed by atoms with E-state index in [2.05, 4.69) is 20.8 Å². The van der Waals surface area contributed by atoms with Gasteiger partial charge >= 0.3 is 0 Å². The summed E-state index contributed by atoms with van der Waals surface area (Å²) in [5, 5.41) is 11.0. The van der Waals surface area contributed by atoms with E-state index in [0.717, 1.165) is 37.8 Å². The number of piperidine rings is 2. The van der Waals surface area contributed by atoms with E-state index < -0.39 is 0 Å². The van der Waals surface area contributed by atoms with Crippen molar-refractivity contribution in [3.63, 3.8) is 0 Å². The van der Waals surface area contributed by atoms with Crippen molar-refractivity contribution in [3.8, 4) is 0 Å². The monoisotopic (exact) mass is 272 g/mol. The molecule has 0 spiro atoms. The Balaban J connectivity index is 0.00000120. The van der Waals surface area contributed by atoms with Crippen LogP contribution in [0.2, 0.25) is 0 Å². The smallest absolute Gasteiger partial charge is 0.243 e. The molecule has 2 aliphatic heterocycles. The van der Waals surface area contributed by atoms with Crippen LogP contribution in [0.3, 0.4) is 0 Å². The molecule has 5 nitrogen and oxygen atoms in total. The fourth-order valence-electron chi connectivity index (χ4n) is 2.69. The van der Waals surface area contributed by atoms with Crippen LogP contribution in [0.1, 0.15) is 55.8 Å². The topological polar surface area (TPSA) is 63.0 Å². The highest BCUT2D eigenvalue weighted by Gasteiger charge is 2.25. The number of hydrogen-bond donors (Lipinski definition) is 2. The Morgan fingerprint density at radius 3 is 2.78 bits per heavy atom. The number of nitrogens with zero attached hydrogens (tertiary/aromatic N) is 2. The van der Waals surface area contributed by atoms with Gasteiger partial charge in [-0.15, -0.1) is 12.4 Å². The molecule has 1 aromatic rings. The molecule has 102 valence electrons. The van der Waals surface area contributed by atoms with Gasteiger partial charge in [0.2, 0.25) is 5.89 Å². The van der Waals surface area contributed by atoms with Crippen LogP contribution in [-0.4, -0.2) is 29.8 Å². The molecule has 0 aromatic carbocycles. The van der Waals surface area contributed by atoms with Crippen molar-refractivity contribution in [2.24, 2.45) is 0 Å². The molecule has 0 aliphatic carbocycles. The van der Waals surface area contributed by atoms with Crippen LogP contribution in [0.25, 0.3) is 0 Å².